The molecule has 0 unspecified atom stereocenters. The van der Waals surface area contributed by atoms with E-state index in [1.165, 1.54) is 0 Å². The molecule has 0 aliphatic heterocycles. The first kappa shape index (κ1) is 8.94. The van der Waals surface area contributed by atoms with Crippen molar-refractivity contribution in [1.82, 2.24) is 0 Å². The van der Waals surface area contributed by atoms with Crippen LogP contribution in [-0.4, -0.2) is 11.3 Å². The van der Waals surface area contributed by atoms with Gasteiger partial charge in [0.15, 0.2) is 0 Å². The third-order valence-corrected chi connectivity index (χ3v) is 1.28. The molecule has 0 aliphatic carbocycles. The van der Waals surface area contributed by atoms with Gasteiger partial charge in [-0.05, 0) is 12.1 Å². The van der Waals surface area contributed by atoms with Crippen molar-refractivity contribution in [3.63, 3.8) is 0 Å². The molecular formula is C9H7NO3. The molecule has 1 N–H and O–H groups in total. The molecule has 4 heteroatoms. The SMILES string of the molecule is C#CN(OC(=O)O)c1ccccc1. The van der Waals surface area contributed by atoms with E-state index in [1.807, 2.05) is 0 Å². The molecule has 0 fully saturated rings. The van der Waals surface area contributed by atoms with Gasteiger partial charge in [0.25, 0.3) is 0 Å². The summed E-state index contributed by atoms with van der Waals surface area (Å²) in [6, 6.07) is 10.6. The van der Waals surface area contributed by atoms with Crippen molar-refractivity contribution >= 4 is 11.8 Å². The lowest BCUT2D eigenvalue weighted by molar-refractivity contribution is 0.0926. The van der Waals surface area contributed by atoms with Crippen LogP contribution < -0.4 is 5.06 Å². The van der Waals surface area contributed by atoms with E-state index in [2.05, 4.69) is 10.9 Å². The van der Waals surface area contributed by atoms with Crippen molar-refractivity contribution in [1.29, 1.82) is 0 Å². The quantitative estimate of drug-likeness (QED) is 0.424. The number of benzene rings is 1. The van der Waals surface area contributed by atoms with Crippen molar-refractivity contribution < 1.29 is 14.7 Å². The Hall–Kier alpha value is -2.15. The first-order chi connectivity index (χ1) is 6.24. The topological polar surface area (TPSA) is 49.8 Å². The molecule has 0 heterocycles. The Labute approximate surface area is 75.3 Å². The molecule has 1 rings (SSSR count). The van der Waals surface area contributed by atoms with E-state index in [-0.39, 0.29) is 0 Å². The van der Waals surface area contributed by atoms with Gasteiger partial charge >= 0.3 is 6.16 Å². The molecule has 1 aromatic carbocycles. The summed E-state index contributed by atoms with van der Waals surface area (Å²) < 4.78 is 0. The van der Waals surface area contributed by atoms with E-state index in [0.717, 1.165) is 5.06 Å². The molecular weight excluding hydrogens is 170 g/mol. The minimum atomic E-state index is -1.44. The van der Waals surface area contributed by atoms with E-state index >= 15 is 0 Å². The normalized spacial score (nSPS) is 8.54. The molecule has 1 aromatic rings. The lowest BCUT2D eigenvalue weighted by Gasteiger charge is -2.12. The molecule has 0 spiro atoms. The van der Waals surface area contributed by atoms with Crippen molar-refractivity contribution in [3.8, 4) is 12.5 Å². The monoisotopic (exact) mass is 177 g/mol. The van der Waals surface area contributed by atoms with Gasteiger partial charge < -0.3 is 5.11 Å². The molecule has 66 valence electrons. The standard InChI is InChI=1S/C9H7NO3/c1-2-10(13-9(11)12)8-6-4-3-5-7-8/h1,3-7H,(H,11,12). The van der Waals surface area contributed by atoms with Crippen LogP contribution in [0.1, 0.15) is 0 Å². The number of hydroxylamine groups is 1. The predicted molar refractivity (Wildman–Crippen MR) is 46.9 cm³/mol. The summed E-state index contributed by atoms with van der Waals surface area (Å²) in [5.74, 6) is 0. The van der Waals surface area contributed by atoms with E-state index in [0.29, 0.717) is 5.69 Å². The van der Waals surface area contributed by atoms with Crippen molar-refractivity contribution in [3.05, 3.63) is 30.3 Å². The third-order valence-electron chi connectivity index (χ3n) is 1.28. The van der Waals surface area contributed by atoms with Crippen LogP contribution in [0.2, 0.25) is 0 Å². The molecule has 4 nitrogen and oxygen atoms in total. The van der Waals surface area contributed by atoms with Crippen LogP contribution in [-0.2, 0) is 4.84 Å². The molecule has 0 aliphatic rings. The van der Waals surface area contributed by atoms with Crippen LogP contribution >= 0.6 is 0 Å². The Morgan fingerprint density at radius 3 is 2.54 bits per heavy atom. The van der Waals surface area contributed by atoms with Gasteiger partial charge in [0.05, 0.1) is 5.69 Å². The Bertz CT molecular complexity index is 328. The Morgan fingerprint density at radius 1 is 1.46 bits per heavy atom. The largest absolute Gasteiger partial charge is 0.531 e. The summed E-state index contributed by atoms with van der Waals surface area (Å²) >= 11 is 0. The summed E-state index contributed by atoms with van der Waals surface area (Å²) in [6.07, 6.45) is 3.60. The van der Waals surface area contributed by atoms with Gasteiger partial charge in [0, 0.05) is 6.04 Å². The van der Waals surface area contributed by atoms with E-state index in [9.17, 15) is 4.79 Å². The van der Waals surface area contributed by atoms with Crippen LogP contribution in [0.15, 0.2) is 30.3 Å². The minimum Gasteiger partial charge on any atom is -0.448 e. The van der Waals surface area contributed by atoms with E-state index < -0.39 is 6.16 Å². The summed E-state index contributed by atoms with van der Waals surface area (Å²) in [5, 5.41) is 9.15. The zero-order chi connectivity index (χ0) is 9.68. The van der Waals surface area contributed by atoms with Gasteiger partial charge in [-0.2, -0.15) is 0 Å². The molecule has 0 atom stereocenters. The Morgan fingerprint density at radius 2 is 2.08 bits per heavy atom. The zero-order valence-corrected chi connectivity index (χ0v) is 6.68. The maximum absolute atomic E-state index is 10.2. The Kier molecular flexibility index (Phi) is 2.77. The second-order valence-electron chi connectivity index (χ2n) is 2.12. The third kappa shape index (κ3) is 2.42. The number of terminal acetylenes is 1. The fourth-order valence-electron chi connectivity index (χ4n) is 0.795. The highest BCUT2D eigenvalue weighted by Crippen LogP contribution is 2.12. The number of para-hydroxylation sites is 1. The van der Waals surface area contributed by atoms with Crippen LogP contribution in [0.25, 0.3) is 0 Å². The van der Waals surface area contributed by atoms with E-state index in [1.54, 1.807) is 30.3 Å². The second kappa shape index (κ2) is 4.02. The summed E-state index contributed by atoms with van der Waals surface area (Å²) in [7, 11) is 0. The van der Waals surface area contributed by atoms with Crippen LogP contribution in [0, 0.1) is 12.5 Å². The molecule has 0 saturated carbocycles. The number of carboxylic acid groups (broad SMARTS) is 1. The first-order valence-electron chi connectivity index (χ1n) is 3.46. The van der Waals surface area contributed by atoms with Crippen LogP contribution in [0.5, 0.6) is 0 Å². The maximum Gasteiger partial charge on any atom is 0.531 e. The van der Waals surface area contributed by atoms with Gasteiger partial charge in [0.1, 0.15) is 0 Å². The van der Waals surface area contributed by atoms with Crippen molar-refractivity contribution in [2.75, 3.05) is 5.06 Å². The van der Waals surface area contributed by atoms with Crippen molar-refractivity contribution in [2.24, 2.45) is 0 Å². The van der Waals surface area contributed by atoms with Crippen molar-refractivity contribution in [2.45, 2.75) is 0 Å². The molecule has 0 radical (unpaired) electrons. The number of rotatable bonds is 2. The van der Waals surface area contributed by atoms with Crippen LogP contribution in [0.4, 0.5) is 10.5 Å². The first-order valence-corrected chi connectivity index (χ1v) is 3.46. The second-order valence-corrected chi connectivity index (χ2v) is 2.12. The fourth-order valence-corrected chi connectivity index (χ4v) is 0.795. The lowest BCUT2D eigenvalue weighted by Crippen LogP contribution is -2.20. The highest BCUT2D eigenvalue weighted by atomic mass is 16.8. The number of anilines is 1. The lowest BCUT2D eigenvalue weighted by atomic mass is 10.3. The van der Waals surface area contributed by atoms with Gasteiger partial charge in [0.2, 0.25) is 0 Å². The highest BCUT2D eigenvalue weighted by molar-refractivity contribution is 5.61. The number of hydrogen-bond acceptors (Lipinski definition) is 3. The molecule has 13 heavy (non-hydrogen) atoms. The molecule has 0 saturated heterocycles. The predicted octanol–water partition coefficient (Wildman–Crippen LogP) is 1.69. The summed E-state index contributed by atoms with van der Waals surface area (Å²) in [6.45, 7) is 0. The number of carbonyl (C=O) groups is 1. The average molecular weight is 177 g/mol. The fraction of sp³-hybridized carbons (Fsp3) is 0. The van der Waals surface area contributed by atoms with Gasteiger partial charge in [-0.15, -0.1) is 5.06 Å². The smallest absolute Gasteiger partial charge is 0.448 e. The zero-order valence-electron chi connectivity index (χ0n) is 6.68. The number of nitrogens with zero attached hydrogens (tertiary/aromatic N) is 1. The molecule has 0 bridgehead atoms. The summed E-state index contributed by atoms with van der Waals surface area (Å²) in [5.41, 5.74) is 0.493. The highest BCUT2D eigenvalue weighted by Gasteiger charge is 2.07. The van der Waals surface area contributed by atoms with Gasteiger partial charge in [-0.3, -0.25) is 4.84 Å². The average Bonchev–Trinajstić information content (AvgIpc) is 2.15. The molecule has 0 amide bonds. The van der Waals surface area contributed by atoms with Gasteiger partial charge in [-0.1, -0.05) is 24.6 Å². The number of hydrogen-bond donors (Lipinski definition) is 1. The molecule has 0 aromatic heterocycles. The van der Waals surface area contributed by atoms with E-state index in [4.69, 9.17) is 11.5 Å². The summed E-state index contributed by atoms with van der Waals surface area (Å²) in [4.78, 5) is 14.5. The van der Waals surface area contributed by atoms with Crippen LogP contribution in [0.3, 0.4) is 0 Å². The minimum absolute atomic E-state index is 0.493. The Balaban J connectivity index is 2.80. The maximum atomic E-state index is 10.2. The van der Waals surface area contributed by atoms with Gasteiger partial charge in [-0.25, -0.2) is 4.79 Å².